The molecule has 0 aliphatic heterocycles. The summed E-state index contributed by atoms with van der Waals surface area (Å²) in [4.78, 5) is 0. The van der Waals surface area contributed by atoms with Gasteiger partial charge in [0, 0.05) is 5.69 Å². The van der Waals surface area contributed by atoms with Crippen LogP contribution in [0.25, 0.3) is 0 Å². The minimum absolute atomic E-state index is 0.0768. The van der Waals surface area contributed by atoms with E-state index in [1.807, 2.05) is 50.2 Å². The minimum Gasteiger partial charge on any atom is -0.394 e. The first-order valence-corrected chi connectivity index (χ1v) is 6.25. The van der Waals surface area contributed by atoms with Crippen molar-refractivity contribution in [1.29, 1.82) is 0 Å². The minimum atomic E-state index is -0.637. The molecular formula is C16H18FNO. The van der Waals surface area contributed by atoms with Gasteiger partial charge < -0.3 is 10.4 Å². The van der Waals surface area contributed by atoms with E-state index in [1.165, 1.54) is 12.1 Å². The number of anilines is 1. The number of hydrogen-bond donors (Lipinski definition) is 2. The van der Waals surface area contributed by atoms with E-state index in [4.69, 9.17) is 0 Å². The SMILES string of the molecule is Cc1cc(F)cc(NC(C)(CO)c2ccccc2)c1. The number of hydrogen-bond acceptors (Lipinski definition) is 2. The van der Waals surface area contributed by atoms with Crippen molar-refractivity contribution in [3.05, 3.63) is 65.5 Å². The standard InChI is InChI=1S/C16H18FNO/c1-12-8-14(17)10-15(9-12)18-16(2,11-19)13-6-4-3-5-7-13/h3-10,18-19H,11H2,1-2H3. The molecule has 2 nitrogen and oxygen atoms in total. The van der Waals surface area contributed by atoms with Crippen molar-refractivity contribution in [2.75, 3.05) is 11.9 Å². The van der Waals surface area contributed by atoms with Crippen molar-refractivity contribution in [3.63, 3.8) is 0 Å². The Kier molecular flexibility index (Phi) is 3.86. The number of rotatable bonds is 4. The summed E-state index contributed by atoms with van der Waals surface area (Å²) in [5.41, 5.74) is 1.83. The summed E-state index contributed by atoms with van der Waals surface area (Å²) in [6, 6.07) is 14.4. The van der Waals surface area contributed by atoms with Crippen LogP contribution in [0.15, 0.2) is 48.5 Å². The van der Waals surface area contributed by atoms with Gasteiger partial charge in [-0.2, -0.15) is 0 Å². The van der Waals surface area contributed by atoms with Gasteiger partial charge in [-0.05, 0) is 43.2 Å². The molecule has 2 aromatic rings. The molecule has 0 radical (unpaired) electrons. The summed E-state index contributed by atoms with van der Waals surface area (Å²) in [5, 5.41) is 12.9. The Labute approximate surface area is 112 Å². The Hall–Kier alpha value is -1.87. The number of benzene rings is 2. The molecule has 1 unspecified atom stereocenters. The lowest BCUT2D eigenvalue weighted by molar-refractivity contribution is 0.224. The number of nitrogens with one attached hydrogen (secondary N) is 1. The maximum atomic E-state index is 13.4. The van der Waals surface area contributed by atoms with Gasteiger partial charge in [-0.1, -0.05) is 30.3 Å². The van der Waals surface area contributed by atoms with E-state index < -0.39 is 5.54 Å². The van der Waals surface area contributed by atoms with Crippen LogP contribution in [-0.4, -0.2) is 11.7 Å². The van der Waals surface area contributed by atoms with E-state index in [1.54, 1.807) is 0 Å². The topological polar surface area (TPSA) is 32.3 Å². The fourth-order valence-electron chi connectivity index (χ4n) is 2.14. The van der Waals surface area contributed by atoms with E-state index in [-0.39, 0.29) is 12.4 Å². The number of aryl methyl sites for hydroxylation is 1. The van der Waals surface area contributed by atoms with Gasteiger partial charge in [-0.15, -0.1) is 0 Å². The van der Waals surface area contributed by atoms with Gasteiger partial charge in [0.05, 0.1) is 12.1 Å². The molecule has 0 aliphatic rings. The summed E-state index contributed by atoms with van der Waals surface area (Å²) in [5.74, 6) is -0.282. The first-order chi connectivity index (χ1) is 9.03. The fraction of sp³-hybridized carbons (Fsp3) is 0.250. The van der Waals surface area contributed by atoms with Crippen LogP contribution in [0, 0.1) is 12.7 Å². The Bertz CT molecular complexity index is 536. The molecule has 0 aromatic heterocycles. The first-order valence-electron chi connectivity index (χ1n) is 6.25. The smallest absolute Gasteiger partial charge is 0.125 e. The molecule has 0 heterocycles. The van der Waals surface area contributed by atoms with Crippen molar-refractivity contribution in [1.82, 2.24) is 0 Å². The highest BCUT2D eigenvalue weighted by Crippen LogP contribution is 2.26. The van der Waals surface area contributed by atoms with E-state index in [0.29, 0.717) is 5.69 Å². The maximum absolute atomic E-state index is 13.4. The largest absolute Gasteiger partial charge is 0.394 e. The zero-order valence-corrected chi connectivity index (χ0v) is 11.2. The molecule has 0 spiro atoms. The summed E-state index contributed by atoms with van der Waals surface area (Å²) in [7, 11) is 0. The second-order valence-electron chi connectivity index (χ2n) is 5.00. The van der Waals surface area contributed by atoms with Crippen LogP contribution >= 0.6 is 0 Å². The summed E-state index contributed by atoms with van der Waals surface area (Å²) >= 11 is 0. The van der Waals surface area contributed by atoms with Crippen LogP contribution in [0.2, 0.25) is 0 Å². The second-order valence-corrected chi connectivity index (χ2v) is 5.00. The summed E-state index contributed by atoms with van der Waals surface area (Å²) < 4.78 is 13.4. The van der Waals surface area contributed by atoms with Gasteiger partial charge in [0.2, 0.25) is 0 Å². The maximum Gasteiger partial charge on any atom is 0.125 e. The Morgan fingerprint density at radius 3 is 2.42 bits per heavy atom. The van der Waals surface area contributed by atoms with Crippen molar-refractivity contribution in [2.45, 2.75) is 19.4 Å². The number of aliphatic hydroxyl groups excluding tert-OH is 1. The molecule has 3 heteroatoms. The lowest BCUT2D eigenvalue weighted by Crippen LogP contribution is -2.35. The third kappa shape index (κ3) is 3.12. The molecule has 19 heavy (non-hydrogen) atoms. The third-order valence-electron chi connectivity index (χ3n) is 3.19. The highest BCUT2D eigenvalue weighted by molar-refractivity contribution is 5.50. The van der Waals surface area contributed by atoms with Gasteiger partial charge in [0.1, 0.15) is 5.82 Å². The zero-order valence-electron chi connectivity index (χ0n) is 11.2. The second kappa shape index (κ2) is 5.41. The van der Waals surface area contributed by atoms with Crippen LogP contribution in [0.3, 0.4) is 0 Å². The highest BCUT2D eigenvalue weighted by Gasteiger charge is 2.25. The summed E-state index contributed by atoms with van der Waals surface area (Å²) in [6.07, 6.45) is 0. The van der Waals surface area contributed by atoms with Crippen LogP contribution < -0.4 is 5.32 Å². The third-order valence-corrected chi connectivity index (χ3v) is 3.19. The average Bonchev–Trinajstić information content (AvgIpc) is 2.38. The van der Waals surface area contributed by atoms with Gasteiger partial charge in [-0.25, -0.2) is 4.39 Å². The first kappa shape index (κ1) is 13.6. The Balaban J connectivity index is 2.33. The monoisotopic (exact) mass is 259 g/mol. The molecule has 2 N–H and O–H groups in total. The normalized spacial score (nSPS) is 13.9. The predicted octanol–water partition coefficient (Wildman–Crippen LogP) is 3.45. The van der Waals surface area contributed by atoms with Crippen molar-refractivity contribution < 1.29 is 9.50 Å². The van der Waals surface area contributed by atoms with Crippen LogP contribution in [0.1, 0.15) is 18.1 Å². The van der Waals surface area contributed by atoms with E-state index in [9.17, 15) is 9.50 Å². The van der Waals surface area contributed by atoms with E-state index in [2.05, 4.69) is 5.32 Å². The molecule has 0 aliphatic carbocycles. The molecular weight excluding hydrogens is 241 g/mol. The van der Waals surface area contributed by atoms with Gasteiger partial charge in [-0.3, -0.25) is 0 Å². The Morgan fingerprint density at radius 1 is 1.16 bits per heavy atom. The van der Waals surface area contributed by atoms with Crippen LogP contribution in [0.4, 0.5) is 10.1 Å². The molecule has 0 fully saturated rings. The molecule has 2 aromatic carbocycles. The lowest BCUT2D eigenvalue weighted by Gasteiger charge is -2.30. The zero-order chi connectivity index (χ0) is 13.9. The van der Waals surface area contributed by atoms with Crippen molar-refractivity contribution in [2.24, 2.45) is 0 Å². The van der Waals surface area contributed by atoms with Crippen LogP contribution in [0.5, 0.6) is 0 Å². The number of halogens is 1. The van der Waals surface area contributed by atoms with Gasteiger partial charge in [0.15, 0.2) is 0 Å². The number of aliphatic hydroxyl groups is 1. The molecule has 2 rings (SSSR count). The molecule has 0 saturated heterocycles. The fourth-order valence-corrected chi connectivity index (χ4v) is 2.14. The molecule has 0 bridgehead atoms. The quantitative estimate of drug-likeness (QED) is 0.881. The molecule has 0 amide bonds. The molecule has 100 valence electrons. The van der Waals surface area contributed by atoms with E-state index in [0.717, 1.165) is 11.1 Å². The molecule has 1 atom stereocenters. The average molecular weight is 259 g/mol. The van der Waals surface area contributed by atoms with Gasteiger partial charge in [0.25, 0.3) is 0 Å². The lowest BCUT2D eigenvalue weighted by atomic mass is 9.92. The summed E-state index contributed by atoms with van der Waals surface area (Å²) in [6.45, 7) is 3.65. The predicted molar refractivity (Wildman–Crippen MR) is 75.6 cm³/mol. The van der Waals surface area contributed by atoms with E-state index >= 15 is 0 Å². The molecule has 0 saturated carbocycles. The van der Waals surface area contributed by atoms with Crippen molar-refractivity contribution in [3.8, 4) is 0 Å². The van der Waals surface area contributed by atoms with Gasteiger partial charge >= 0.3 is 0 Å². The Morgan fingerprint density at radius 2 is 1.84 bits per heavy atom. The van der Waals surface area contributed by atoms with Crippen molar-refractivity contribution >= 4 is 5.69 Å². The highest BCUT2D eigenvalue weighted by atomic mass is 19.1. The van der Waals surface area contributed by atoms with Crippen LogP contribution in [-0.2, 0) is 5.54 Å².